The molecule has 2 rings (SSSR count). The van der Waals surface area contributed by atoms with Crippen molar-refractivity contribution in [2.24, 2.45) is 5.92 Å². The maximum atomic E-state index is 12.3. The second-order valence-electron chi connectivity index (χ2n) is 4.93. The van der Waals surface area contributed by atoms with Crippen molar-refractivity contribution in [3.8, 4) is 0 Å². The molecule has 1 aromatic carbocycles. The quantitative estimate of drug-likeness (QED) is 0.881. The van der Waals surface area contributed by atoms with E-state index in [9.17, 15) is 4.79 Å². The summed E-state index contributed by atoms with van der Waals surface area (Å²) >= 11 is 5.96. The minimum Gasteiger partial charge on any atom is -0.387 e. The van der Waals surface area contributed by atoms with Crippen LogP contribution in [0.15, 0.2) is 18.2 Å². The van der Waals surface area contributed by atoms with Gasteiger partial charge in [0.05, 0.1) is 5.56 Å². The molecule has 98 valence electrons. The summed E-state index contributed by atoms with van der Waals surface area (Å²) in [7, 11) is 1.80. The van der Waals surface area contributed by atoms with E-state index in [2.05, 4.69) is 17.6 Å². The Balaban J connectivity index is 2.15. The Morgan fingerprint density at radius 3 is 2.78 bits per heavy atom. The van der Waals surface area contributed by atoms with Crippen LogP contribution in [-0.2, 0) is 0 Å². The zero-order valence-electron chi connectivity index (χ0n) is 10.8. The molecule has 0 bridgehead atoms. The third-order valence-electron chi connectivity index (χ3n) is 3.67. The van der Waals surface area contributed by atoms with Gasteiger partial charge in [0.1, 0.15) is 0 Å². The second kappa shape index (κ2) is 5.61. The number of hydrogen-bond donors (Lipinski definition) is 2. The van der Waals surface area contributed by atoms with Crippen molar-refractivity contribution in [3.63, 3.8) is 0 Å². The fraction of sp³-hybridized carbons (Fsp3) is 0.500. The molecule has 0 spiro atoms. The van der Waals surface area contributed by atoms with Crippen molar-refractivity contribution in [2.45, 2.75) is 32.2 Å². The van der Waals surface area contributed by atoms with Crippen LogP contribution in [0.5, 0.6) is 0 Å². The van der Waals surface area contributed by atoms with Gasteiger partial charge in [-0.2, -0.15) is 0 Å². The second-order valence-corrected chi connectivity index (χ2v) is 5.36. The molecule has 1 amide bonds. The molecule has 1 aliphatic rings. The van der Waals surface area contributed by atoms with Crippen LogP contribution in [0.3, 0.4) is 0 Å². The largest absolute Gasteiger partial charge is 0.387 e. The molecule has 0 aliphatic heterocycles. The minimum absolute atomic E-state index is 0.0411. The number of carbonyl (C=O) groups is 1. The SMILES string of the molecule is CNc1ccc(Cl)cc1C(=O)NC1CCCC1C. The highest BCUT2D eigenvalue weighted by molar-refractivity contribution is 6.31. The molecule has 1 aromatic rings. The van der Waals surface area contributed by atoms with Crippen LogP contribution in [0.25, 0.3) is 0 Å². The monoisotopic (exact) mass is 266 g/mol. The maximum absolute atomic E-state index is 12.3. The average Bonchev–Trinajstić information content (AvgIpc) is 2.75. The van der Waals surface area contributed by atoms with Gasteiger partial charge in [-0.15, -0.1) is 0 Å². The number of nitrogens with one attached hydrogen (secondary N) is 2. The first-order valence-corrected chi connectivity index (χ1v) is 6.77. The van der Waals surface area contributed by atoms with Crippen molar-refractivity contribution in [2.75, 3.05) is 12.4 Å². The van der Waals surface area contributed by atoms with E-state index in [1.807, 2.05) is 6.07 Å². The maximum Gasteiger partial charge on any atom is 0.253 e. The summed E-state index contributed by atoms with van der Waals surface area (Å²) in [5.41, 5.74) is 1.42. The molecular formula is C14H19ClN2O. The molecular weight excluding hydrogens is 248 g/mol. The van der Waals surface area contributed by atoms with Gasteiger partial charge in [-0.05, 0) is 37.0 Å². The first-order chi connectivity index (χ1) is 8.61. The molecule has 0 saturated heterocycles. The van der Waals surface area contributed by atoms with Crippen molar-refractivity contribution >= 4 is 23.2 Å². The van der Waals surface area contributed by atoms with Gasteiger partial charge in [-0.3, -0.25) is 4.79 Å². The molecule has 0 heterocycles. The lowest BCUT2D eigenvalue weighted by Crippen LogP contribution is -2.36. The summed E-state index contributed by atoms with van der Waals surface area (Å²) in [5, 5.41) is 6.71. The molecule has 2 atom stereocenters. The smallest absolute Gasteiger partial charge is 0.253 e. The van der Waals surface area contributed by atoms with E-state index in [-0.39, 0.29) is 5.91 Å². The van der Waals surface area contributed by atoms with E-state index in [4.69, 9.17) is 11.6 Å². The summed E-state index contributed by atoms with van der Waals surface area (Å²) in [6, 6.07) is 5.61. The van der Waals surface area contributed by atoms with Gasteiger partial charge in [0.25, 0.3) is 5.91 Å². The average molecular weight is 267 g/mol. The first kappa shape index (κ1) is 13.2. The summed E-state index contributed by atoms with van der Waals surface area (Å²) in [6.07, 6.45) is 3.46. The lowest BCUT2D eigenvalue weighted by molar-refractivity contribution is 0.0930. The standard InChI is InChI=1S/C14H19ClN2O/c1-9-4-3-5-12(9)17-14(18)11-8-10(15)6-7-13(11)16-2/h6-9,12,16H,3-5H2,1-2H3,(H,17,18). The van der Waals surface area contributed by atoms with Crippen LogP contribution < -0.4 is 10.6 Å². The summed E-state index contributed by atoms with van der Waals surface area (Å²) in [6.45, 7) is 2.19. The van der Waals surface area contributed by atoms with Gasteiger partial charge in [0.2, 0.25) is 0 Å². The Labute approximate surface area is 113 Å². The van der Waals surface area contributed by atoms with Gasteiger partial charge >= 0.3 is 0 Å². The third kappa shape index (κ3) is 2.78. The fourth-order valence-electron chi connectivity index (χ4n) is 2.53. The van der Waals surface area contributed by atoms with Crippen molar-refractivity contribution in [1.29, 1.82) is 0 Å². The van der Waals surface area contributed by atoms with E-state index >= 15 is 0 Å². The van der Waals surface area contributed by atoms with E-state index < -0.39 is 0 Å². The molecule has 0 radical (unpaired) electrons. The Hall–Kier alpha value is -1.22. The molecule has 1 aliphatic carbocycles. The first-order valence-electron chi connectivity index (χ1n) is 6.40. The van der Waals surface area contributed by atoms with Crippen molar-refractivity contribution in [1.82, 2.24) is 5.32 Å². The summed E-state index contributed by atoms with van der Waals surface area (Å²) in [5.74, 6) is 0.520. The highest BCUT2D eigenvalue weighted by atomic mass is 35.5. The zero-order valence-corrected chi connectivity index (χ0v) is 11.6. The Morgan fingerprint density at radius 1 is 1.39 bits per heavy atom. The predicted molar refractivity (Wildman–Crippen MR) is 75.3 cm³/mol. The van der Waals surface area contributed by atoms with Crippen LogP contribution in [-0.4, -0.2) is 19.0 Å². The van der Waals surface area contributed by atoms with Crippen molar-refractivity contribution < 1.29 is 4.79 Å². The molecule has 18 heavy (non-hydrogen) atoms. The topological polar surface area (TPSA) is 41.1 Å². The number of carbonyl (C=O) groups excluding carboxylic acids is 1. The molecule has 1 saturated carbocycles. The minimum atomic E-state index is -0.0411. The van der Waals surface area contributed by atoms with E-state index in [1.54, 1.807) is 19.2 Å². The lowest BCUT2D eigenvalue weighted by atomic mass is 10.1. The van der Waals surface area contributed by atoms with E-state index in [1.165, 1.54) is 12.8 Å². The fourth-order valence-corrected chi connectivity index (χ4v) is 2.70. The van der Waals surface area contributed by atoms with Crippen LogP contribution in [0, 0.1) is 5.92 Å². The van der Waals surface area contributed by atoms with Crippen LogP contribution >= 0.6 is 11.6 Å². The van der Waals surface area contributed by atoms with Gasteiger partial charge in [0, 0.05) is 23.8 Å². The molecule has 2 N–H and O–H groups in total. The number of hydrogen-bond acceptors (Lipinski definition) is 2. The molecule has 3 nitrogen and oxygen atoms in total. The normalized spacial score (nSPS) is 22.8. The summed E-state index contributed by atoms with van der Waals surface area (Å²) in [4.78, 5) is 12.3. The van der Waals surface area contributed by atoms with Crippen LogP contribution in [0.1, 0.15) is 36.5 Å². The van der Waals surface area contributed by atoms with E-state index in [0.29, 0.717) is 22.5 Å². The van der Waals surface area contributed by atoms with Crippen molar-refractivity contribution in [3.05, 3.63) is 28.8 Å². The number of benzene rings is 1. The van der Waals surface area contributed by atoms with Gasteiger partial charge in [-0.1, -0.05) is 24.9 Å². The summed E-state index contributed by atoms with van der Waals surface area (Å²) < 4.78 is 0. The zero-order chi connectivity index (χ0) is 13.1. The number of halogens is 1. The number of rotatable bonds is 3. The molecule has 1 fully saturated rings. The number of amides is 1. The lowest BCUT2D eigenvalue weighted by Gasteiger charge is -2.18. The Morgan fingerprint density at radius 2 is 2.17 bits per heavy atom. The Bertz CT molecular complexity index is 447. The third-order valence-corrected chi connectivity index (χ3v) is 3.91. The van der Waals surface area contributed by atoms with Gasteiger partial charge in [-0.25, -0.2) is 0 Å². The highest BCUT2D eigenvalue weighted by Gasteiger charge is 2.25. The molecule has 0 aromatic heterocycles. The van der Waals surface area contributed by atoms with Gasteiger partial charge in [0.15, 0.2) is 0 Å². The molecule has 4 heteroatoms. The Kier molecular flexibility index (Phi) is 4.12. The van der Waals surface area contributed by atoms with Gasteiger partial charge < -0.3 is 10.6 Å². The van der Waals surface area contributed by atoms with Crippen LogP contribution in [0.2, 0.25) is 5.02 Å². The van der Waals surface area contributed by atoms with Crippen LogP contribution in [0.4, 0.5) is 5.69 Å². The molecule has 2 unspecified atom stereocenters. The highest BCUT2D eigenvalue weighted by Crippen LogP contribution is 2.26. The van der Waals surface area contributed by atoms with E-state index in [0.717, 1.165) is 12.1 Å². The predicted octanol–water partition coefficient (Wildman–Crippen LogP) is 3.30. The number of anilines is 1.